The molecule has 11 nitrogen and oxygen atoms in total. The molecule has 2 aliphatic rings. The van der Waals surface area contributed by atoms with E-state index in [1.54, 1.807) is 0 Å². The lowest BCUT2D eigenvalue weighted by molar-refractivity contribution is 0.176. The Morgan fingerprint density at radius 1 is 0.381 bits per heavy atom. The molecule has 0 aliphatic carbocycles. The van der Waals surface area contributed by atoms with E-state index in [4.69, 9.17) is 28.9 Å². The van der Waals surface area contributed by atoms with Crippen molar-refractivity contribution in [1.29, 1.82) is 0 Å². The van der Waals surface area contributed by atoms with Crippen molar-refractivity contribution >= 4 is 46.4 Å². The van der Waals surface area contributed by atoms with Crippen molar-refractivity contribution in [3.05, 3.63) is 144 Å². The number of nitrogens with one attached hydrogen (secondary N) is 2. The molecule has 1 unspecified atom stereocenters. The molecule has 0 saturated carbocycles. The molecule has 4 aromatic carbocycles. The van der Waals surface area contributed by atoms with Crippen LogP contribution in [-0.4, -0.2) is 122 Å². The highest BCUT2D eigenvalue weighted by Gasteiger charge is 2.22. The third-order valence-electron chi connectivity index (χ3n) is 15.7. The summed E-state index contributed by atoms with van der Waals surface area (Å²) in [6, 6.07) is 42.8. The van der Waals surface area contributed by atoms with Gasteiger partial charge in [0, 0.05) is 49.9 Å². The molecule has 0 spiro atoms. The van der Waals surface area contributed by atoms with Crippen molar-refractivity contribution in [2.45, 2.75) is 110 Å². The molecule has 7 aromatic rings. The van der Waals surface area contributed by atoms with Gasteiger partial charge in [-0.25, -0.2) is 9.97 Å². The minimum absolute atomic E-state index is 0.0949. The molecule has 84 heavy (non-hydrogen) atoms. The number of hydrogen-bond acceptors (Lipinski definition) is 9. The van der Waals surface area contributed by atoms with E-state index in [-0.39, 0.29) is 6.10 Å². The van der Waals surface area contributed by atoms with Crippen LogP contribution in [0.5, 0.6) is 23.0 Å². The lowest BCUT2D eigenvalue weighted by atomic mass is 10.0. The number of aromatic nitrogens is 4. The summed E-state index contributed by atoms with van der Waals surface area (Å²) in [5.41, 5.74) is 15.0. The first kappa shape index (κ1) is 61.1. The number of unbranched alkanes of at least 4 members (excludes halogenated alkanes) is 7. The molecule has 0 radical (unpaired) electrons. The molecule has 1 atom stereocenters. The van der Waals surface area contributed by atoms with Gasteiger partial charge in [-0.05, 0) is 227 Å². The Bertz CT molecular complexity index is 3370. The van der Waals surface area contributed by atoms with E-state index in [9.17, 15) is 0 Å². The summed E-state index contributed by atoms with van der Waals surface area (Å²) in [5.74, 6) is 3.40. The maximum atomic E-state index is 7.19. The quantitative estimate of drug-likeness (QED) is 0.0399. The summed E-state index contributed by atoms with van der Waals surface area (Å²) in [6.45, 7) is 9.64. The Morgan fingerprint density at radius 2 is 0.762 bits per heavy atom. The molecule has 0 amide bonds. The topological polar surface area (TPSA) is 104 Å². The van der Waals surface area contributed by atoms with E-state index in [0.717, 1.165) is 196 Å². The van der Waals surface area contributed by atoms with Gasteiger partial charge in [0.2, 0.25) is 0 Å². The molecule has 3 aromatic heterocycles. The number of nitrogens with zero attached hydrogens (tertiary/aromatic N) is 5. The average Bonchev–Trinajstić information content (AvgIpc) is 2.44. The number of ether oxygens (including phenoxy) is 4. The Labute approximate surface area is 500 Å². The Morgan fingerprint density at radius 3 is 1.15 bits per heavy atom. The molecule has 5 heterocycles. The van der Waals surface area contributed by atoms with Crippen LogP contribution in [0.15, 0.2) is 121 Å². The number of para-hydroxylation sites is 1. The van der Waals surface area contributed by atoms with Gasteiger partial charge in [-0.1, -0.05) is 101 Å². The zero-order chi connectivity index (χ0) is 58.6. The van der Waals surface area contributed by atoms with Crippen LogP contribution in [0.25, 0.3) is 90.9 Å². The van der Waals surface area contributed by atoms with E-state index in [2.05, 4.69) is 226 Å². The van der Waals surface area contributed by atoms with Crippen molar-refractivity contribution in [1.82, 2.24) is 34.6 Å². The fraction of sp³-hybridized carbons (Fsp3) is 0.397. The van der Waals surface area contributed by atoms with Crippen molar-refractivity contribution in [2.75, 3.05) is 81.7 Å². The number of H-pyrrole nitrogens is 2. The third-order valence-corrected chi connectivity index (χ3v) is 15.7. The number of fused-ring (bicyclic) bond motifs is 8. The Kier molecular flexibility index (Phi) is 22.5. The number of benzene rings is 4. The van der Waals surface area contributed by atoms with Gasteiger partial charge in [-0.2, -0.15) is 0 Å². The molecule has 0 saturated heterocycles. The highest BCUT2D eigenvalue weighted by molar-refractivity contribution is 6.00. The van der Waals surface area contributed by atoms with Gasteiger partial charge in [0.15, 0.2) is 0 Å². The zero-order valence-corrected chi connectivity index (χ0v) is 51.4. The smallest absolute Gasteiger partial charge is 0.127 e. The predicted molar refractivity (Wildman–Crippen MR) is 353 cm³/mol. The maximum Gasteiger partial charge on any atom is 0.127 e. The molecule has 442 valence electrons. The summed E-state index contributed by atoms with van der Waals surface area (Å²) < 4.78 is 26.1. The van der Waals surface area contributed by atoms with Gasteiger partial charge in [-0.15, -0.1) is 0 Å². The minimum atomic E-state index is 0.0949. The lowest BCUT2D eigenvalue weighted by Crippen LogP contribution is -2.16. The van der Waals surface area contributed by atoms with E-state index in [1.807, 2.05) is 0 Å². The highest BCUT2D eigenvalue weighted by atomic mass is 16.5. The maximum absolute atomic E-state index is 7.19. The molecule has 2 N–H and O–H groups in total. The number of hydrogen-bond donors (Lipinski definition) is 2. The first-order valence-corrected chi connectivity index (χ1v) is 31.1. The molecular weight excluding hydrogens is 1040 g/mol. The summed E-state index contributed by atoms with van der Waals surface area (Å²) >= 11 is 0. The third kappa shape index (κ3) is 16.7. The van der Waals surface area contributed by atoms with E-state index in [0.29, 0.717) is 19.8 Å². The van der Waals surface area contributed by atoms with Gasteiger partial charge in [0.1, 0.15) is 23.0 Å². The Hall–Kier alpha value is -7.44. The second-order valence-electron chi connectivity index (χ2n) is 23.4. The highest BCUT2D eigenvalue weighted by Crippen LogP contribution is 2.42. The van der Waals surface area contributed by atoms with Crippen LogP contribution in [0.2, 0.25) is 0 Å². The molecular formula is C73H91N7O4. The van der Waals surface area contributed by atoms with Gasteiger partial charge in [0.25, 0.3) is 0 Å². The van der Waals surface area contributed by atoms with Crippen LogP contribution in [0.1, 0.15) is 127 Å². The van der Waals surface area contributed by atoms with Crippen LogP contribution < -0.4 is 18.9 Å². The van der Waals surface area contributed by atoms with Crippen LogP contribution in [0, 0.1) is 0 Å². The van der Waals surface area contributed by atoms with Crippen molar-refractivity contribution in [3.8, 4) is 67.5 Å². The summed E-state index contributed by atoms with van der Waals surface area (Å²) in [4.78, 5) is 25.9. The standard InChI is InChI=1S/C73H91N7O4/c1-9-11-12-13-14-24-59(23-10-2)84-69-26-16-15-25-60(69)73-67-45-43-65(76-67)71(54-29-35-57(36-30-54)82-51-21-18-48-79(5)6)63-41-39-61(74-63)70(53-27-33-56(34-28-53)81-50-20-17-47-78(3)4)62-40-42-64(75-62)72(66-44-46-68(73)77-66)55-31-37-58(38-32-55)83-52-22-19-49-80(7)8/h15-16,25-46,59,74,77H,9-14,17-24,47-52H2,1-8H3. The number of aromatic amines is 2. The fourth-order valence-corrected chi connectivity index (χ4v) is 11.2. The van der Waals surface area contributed by atoms with E-state index in [1.165, 1.54) is 25.7 Å². The van der Waals surface area contributed by atoms with Crippen molar-refractivity contribution in [3.63, 3.8) is 0 Å². The van der Waals surface area contributed by atoms with Gasteiger partial charge in [0.05, 0.1) is 48.7 Å². The molecule has 8 bridgehead atoms. The summed E-state index contributed by atoms with van der Waals surface area (Å²) in [6.07, 6.45) is 24.2. The SMILES string of the molecule is CCCCCCCC(CCC)Oc1ccccc1-c1c2nc(c(-c3ccc(OCCCCN(C)C)cc3)c3ccc([nH]3)c(-c3ccc(OCCCCN(C)C)cc3)c3nc(c(-c4ccc(OCCCCN(C)C)cc4)c4ccc1[nH]4)C=C3)C=C2. The first-order valence-electron chi connectivity index (χ1n) is 31.1. The normalized spacial score (nSPS) is 12.5. The average molecular weight is 1130 g/mol. The lowest BCUT2D eigenvalue weighted by Gasteiger charge is -2.21. The molecule has 11 heteroatoms. The fourth-order valence-electron chi connectivity index (χ4n) is 11.2. The van der Waals surface area contributed by atoms with Crippen molar-refractivity contribution in [2.24, 2.45) is 0 Å². The van der Waals surface area contributed by atoms with E-state index < -0.39 is 0 Å². The molecule has 9 rings (SSSR count). The Balaban J connectivity index is 1.24. The van der Waals surface area contributed by atoms with Crippen molar-refractivity contribution < 1.29 is 18.9 Å². The van der Waals surface area contributed by atoms with Crippen LogP contribution in [0.4, 0.5) is 0 Å². The second kappa shape index (κ2) is 30.9. The predicted octanol–water partition coefficient (Wildman–Crippen LogP) is 17.4. The van der Waals surface area contributed by atoms with Crippen LogP contribution in [-0.2, 0) is 0 Å². The van der Waals surface area contributed by atoms with Crippen LogP contribution >= 0.6 is 0 Å². The monoisotopic (exact) mass is 1130 g/mol. The van der Waals surface area contributed by atoms with Gasteiger partial charge >= 0.3 is 0 Å². The molecule has 2 aliphatic heterocycles. The van der Waals surface area contributed by atoms with Gasteiger partial charge in [-0.3, -0.25) is 0 Å². The van der Waals surface area contributed by atoms with Gasteiger partial charge < -0.3 is 43.6 Å². The summed E-state index contributed by atoms with van der Waals surface area (Å²) in [5, 5.41) is 0. The summed E-state index contributed by atoms with van der Waals surface area (Å²) in [7, 11) is 12.7. The number of rotatable bonds is 32. The second-order valence-corrected chi connectivity index (χ2v) is 23.4. The van der Waals surface area contributed by atoms with Crippen LogP contribution in [0.3, 0.4) is 0 Å². The van der Waals surface area contributed by atoms with E-state index >= 15 is 0 Å². The molecule has 0 fully saturated rings. The largest absolute Gasteiger partial charge is 0.494 e. The zero-order valence-electron chi connectivity index (χ0n) is 51.4. The first-order chi connectivity index (χ1) is 41.0. The minimum Gasteiger partial charge on any atom is -0.494 e.